The van der Waals surface area contributed by atoms with E-state index in [0.717, 1.165) is 31.0 Å². The second-order valence-corrected chi connectivity index (χ2v) is 5.98. The van der Waals surface area contributed by atoms with E-state index < -0.39 is 0 Å². The van der Waals surface area contributed by atoms with Crippen molar-refractivity contribution >= 4 is 5.65 Å². The molecule has 5 heteroatoms. The van der Waals surface area contributed by atoms with Crippen LogP contribution in [0.2, 0.25) is 0 Å². The molecule has 0 aromatic carbocycles. The van der Waals surface area contributed by atoms with Crippen molar-refractivity contribution in [2.45, 2.75) is 39.2 Å². The number of likely N-dealkylation sites (tertiary alicyclic amines) is 1. The van der Waals surface area contributed by atoms with Crippen molar-refractivity contribution in [3.8, 4) is 0 Å². The number of aromatic nitrogens is 3. The van der Waals surface area contributed by atoms with Crippen LogP contribution in [0.25, 0.3) is 5.65 Å². The number of hydrogen-bond acceptors (Lipinski definition) is 4. The average Bonchev–Trinajstić information content (AvgIpc) is 2.68. The Balaban J connectivity index is 1.45. The molecule has 0 unspecified atom stereocenters. The molecule has 1 aliphatic heterocycles. The molecule has 3 heterocycles. The Bertz CT molecular complexity index is 569. The number of aryl methyl sites for hydroxylation is 1. The maximum absolute atomic E-state index is 4.43. The topological polar surface area (TPSA) is 45.5 Å². The predicted molar refractivity (Wildman–Crippen MR) is 84.3 cm³/mol. The van der Waals surface area contributed by atoms with Gasteiger partial charge in [0.25, 0.3) is 0 Å². The van der Waals surface area contributed by atoms with Crippen LogP contribution in [0.4, 0.5) is 0 Å². The SMILES string of the molecule is Cc1cc2ncc(CNCCN3CCCCCC3)cn2n1. The zero-order valence-electron chi connectivity index (χ0n) is 12.9. The maximum Gasteiger partial charge on any atom is 0.155 e. The monoisotopic (exact) mass is 287 g/mol. The minimum Gasteiger partial charge on any atom is -0.311 e. The first kappa shape index (κ1) is 14.5. The lowest BCUT2D eigenvalue weighted by Gasteiger charge is -2.19. The quantitative estimate of drug-likeness (QED) is 0.855. The summed E-state index contributed by atoms with van der Waals surface area (Å²) in [5.74, 6) is 0. The van der Waals surface area contributed by atoms with Crippen molar-refractivity contribution in [2.75, 3.05) is 26.2 Å². The van der Waals surface area contributed by atoms with Crippen LogP contribution < -0.4 is 5.32 Å². The zero-order valence-corrected chi connectivity index (χ0v) is 12.9. The summed E-state index contributed by atoms with van der Waals surface area (Å²) in [7, 11) is 0. The summed E-state index contributed by atoms with van der Waals surface area (Å²) in [4.78, 5) is 7.01. The lowest BCUT2D eigenvalue weighted by Crippen LogP contribution is -2.32. The third-order valence-corrected chi connectivity index (χ3v) is 4.12. The number of fused-ring (bicyclic) bond motifs is 1. The van der Waals surface area contributed by atoms with E-state index in [1.807, 2.05) is 23.7 Å². The molecule has 0 radical (unpaired) electrons. The van der Waals surface area contributed by atoms with Crippen molar-refractivity contribution in [3.05, 3.63) is 29.7 Å². The highest BCUT2D eigenvalue weighted by Gasteiger charge is 2.08. The van der Waals surface area contributed by atoms with Crippen LogP contribution >= 0.6 is 0 Å². The molecule has 21 heavy (non-hydrogen) atoms. The maximum atomic E-state index is 4.43. The molecule has 0 atom stereocenters. The molecule has 0 spiro atoms. The summed E-state index contributed by atoms with van der Waals surface area (Å²) in [6.07, 6.45) is 9.53. The van der Waals surface area contributed by atoms with Gasteiger partial charge in [-0.15, -0.1) is 0 Å². The molecule has 0 bridgehead atoms. The van der Waals surface area contributed by atoms with Gasteiger partial charge in [0, 0.05) is 43.7 Å². The summed E-state index contributed by atoms with van der Waals surface area (Å²) in [6, 6.07) is 2.00. The van der Waals surface area contributed by atoms with E-state index >= 15 is 0 Å². The van der Waals surface area contributed by atoms with Gasteiger partial charge in [0.15, 0.2) is 5.65 Å². The fraction of sp³-hybridized carbons (Fsp3) is 0.625. The molecule has 2 aromatic rings. The number of hydrogen-bond donors (Lipinski definition) is 1. The Labute approximate surface area is 126 Å². The van der Waals surface area contributed by atoms with Crippen molar-refractivity contribution in [2.24, 2.45) is 0 Å². The Morgan fingerprint density at radius 1 is 1.19 bits per heavy atom. The van der Waals surface area contributed by atoms with Gasteiger partial charge in [0.2, 0.25) is 0 Å². The molecule has 1 saturated heterocycles. The molecule has 2 aromatic heterocycles. The predicted octanol–water partition coefficient (Wildman–Crippen LogP) is 2.00. The fourth-order valence-corrected chi connectivity index (χ4v) is 2.95. The van der Waals surface area contributed by atoms with E-state index in [2.05, 4.69) is 26.5 Å². The van der Waals surface area contributed by atoms with Crippen molar-refractivity contribution < 1.29 is 0 Å². The van der Waals surface area contributed by atoms with Gasteiger partial charge in [-0.25, -0.2) is 9.50 Å². The minimum absolute atomic E-state index is 0.857. The largest absolute Gasteiger partial charge is 0.311 e. The third-order valence-electron chi connectivity index (χ3n) is 4.12. The van der Waals surface area contributed by atoms with Crippen LogP contribution in [0.1, 0.15) is 36.9 Å². The molecule has 0 aliphatic carbocycles. The van der Waals surface area contributed by atoms with Crippen molar-refractivity contribution in [1.29, 1.82) is 0 Å². The van der Waals surface area contributed by atoms with E-state index in [4.69, 9.17) is 0 Å². The van der Waals surface area contributed by atoms with Crippen LogP contribution in [0, 0.1) is 6.92 Å². The van der Waals surface area contributed by atoms with Crippen molar-refractivity contribution in [3.63, 3.8) is 0 Å². The highest BCUT2D eigenvalue weighted by Crippen LogP contribution is 2.09. The Kier molecular flexibility index (Phi) is 4.83. The van der Waals surface area contributed by atoms with Crippen LogP contribution in [0.3, 0.4) is 0 Å². The number of nitrogens with one attached hydrogen (secondary N) is 1. The van der Waals surface area contributed by atoms with Gasteiger partial charge < -0.3 is 10.2 Å². The molecule has 114 valence electrons. The molecular weight excluding hydrogens is 262 g/mol. The summed E-state index contributed by atoms with van der Waals surface area (Å²) in [6.45, 7) is 7.57. The van der Waals surface area contributed by atoms with E-state index in [9.17, 15) is 0 Å². The van der Waals surface area contributed by atoms with Gasteiger partial charge in [-0.1, -0.05) is 12.8 Å². The standard InChI is InChI=1S/C16H25N5/c1-14-10-16-18-12-15(13-21(16)19-14)11-17-6-9-20-7-4-2-3-5-8-20/h10,12-13,17H,2-9,11H2,1H3. The molecule has 1 aliphatic rings. The normalized spacial score (nSPS) is 17.2. The van der Waals surface area contributed by atoms with Crippen LogP contribution in [0.5, 0.6) is 0 Å². The summed E-state index contributed by atoms with van der Waals surface area (Å²) < 4.78 is 1.86. The first-order chi connectivity index (χ1) is 10.3. The van der Waals surface area contributed by atoms with Crippen LogP contribution in [0.15, 0.2) is 18.5 Å². The third kappa shape index (κ3) is 4.02. The van der Waals surface area contributed by atoms with Crippen LogP contribution in [-0.4, -0.2) is 45.7 Å². The van der Waals surface area contributed by atoms with Gasteiger partial charge in [-0.3, -0.25) is 0 Å². The summed E-state index contributed by atoms with van der Waals surface area (Å²) >= 11 is 0. The van der Waals surface area contributed by atoms with E-state index in [-0.39, 0.29) is 0 Å². The molecule has 1 fully saturated rings. The fourth-order valence-electron chi connectivity index (χ4n) is 2.95. The lowest BCUT2D eigenvalue weighted by molar-refractivity contribution is 0.284. The summed E-state index contributed by atoms with van der Waals surface area (Å²) in [5, 5.41) is 7.92. The minimum atomic E-state index is 0.857. The molecule has 5 nitrogen and oxygen atoms in total. The molecule has 0 saturated carbocycles. The van der Waals surface area contributed by atoms with Gasteiger partial charge in [-0.2, -0.15) is 5.10 Å². The van der Waals surface area contributed by atoms with Crippen molar-refractivity contribution in [1.82, 2.24) is 24.8 Å². The first-order valence-corrected chi connectivity index (χ1v) is 8.05. The lowest BCUT2D eigenvalue weighted by atomic mass is 10.2. The van der Waals surface area contributed by atoms with Gasteiger partial charge in [-0.05, 0) is 32.9 Å². The number of rotatable bonds is 5. The molecular formula is C16H25N5. The Morgan fingerprint density at radius 3 is 2.81 bits per heavy atom. The smallest absolute Gasteiger partial charge is 0.155 e. The molecule has 1 N–H and O–H groups in total. The second kappa shape index (κ2) is 7.00. The Morgan fingerprint density at radius 2 is 2.00 bits per heavy atom. The van der Waals surface area contributed by atoms with Crippen LogP contribution in [-0.2, 0) is 6.54 Å². The molecule has 0 amide bonds. The van der Waals surface area contributed by atoms with Gasteiger partial charge in [0.1, 0.15) is 0 Å². The Hall–Kier alpha value is -1.46. The number of nitrogens with zero attached hydrogens (tertiary/aromatic N) is 4. The van der Waals surface area contributed by atoms with E-state index in [1.54, 1.807) is 0 Å². The average molecular weight is 287 g/mol. The van der Waals surface area contributed by atoms with E-state index in [0.29, 0.717) is 0 Å². The highest BCUT2D eigenvalue weighted by molar-refractivity contribution is 5.38. The highest BCUT2D eigenvalue weighted by atomic mass is 15.2. The second-order valence-electron chi connectivity index (χ2n) is 5.98. The van der Waals surface area contributed by atoms with Gasteiger partial charge >= 0.3 is 0 Å². The van der Waals surface area contributed by atoms with E-state index in [1.165, 1.54) is 44.3 Å². The molecule has 3 rings (SSSR count). The zero-order chi connectivity index (χ0) is 14.5. The first-order valence-electron chi connectivity index (χ1n) is 8.05. The van der Waals surface area contributed by atoms with Gasteiger partial charge in [0.05, 0.1) is 5.69 Å². The summed E-state index contributed by atoms with van der Waals surface area (Å²) in [5.41, 5.74) is 3.11.